The Balaban J connectivity index is 0.998. The summed E-state index contributed by atoms with van der Waals surface area (Å²) in [6.07, 6.45) is 1.24. The third-order valence-corrected chi connectivity index (χ3v) is 7.26. The molecule has 3 aliphatic heterocycles. The van der Waals surface area contributed by atoms with Gasteiger partial charge in [-0.25, -0.2) is 9.97 Å². The van der Waals surface area contributed by atoms with Gasteiger partial charge in [0.05, 0.1) is 31.0 Å². The first-order chi connectivity index (χ1) is 19.2. The number of benzene rings is 3. The van der Waals surface area contributed by atoms with Crippen molar-refractivity contribution < 1.29 is 23.7 Å². The monoisotopic (exact) mass is 522 g/mol. The molecule has 3 aromatic carbocycles. The molecule has 2 N–H and O–H groups in total. The smallest absolute Gasteiger partial charge is 0.251 e. The number of carbonyl (C=O) groups excluding carboxylic acids is 1. The van der Waals surface area contributed by atoms with Crippen LogP contribution in [0.4, 0.5) is 5.95 Å². The zero-order chi connectivity index (χ0) is 26.2. The summed E-state index contributed by atoms with van der Waals surface area (Å²) < 4.78 is 22.8. The highest BCUT2D eigenvalue weighted by atomic mass is 16.7. The van der Waals surface area contributed by atoms with Crippen molar-refractivity contribution in [2.24, 2.45) is 0 Å². The molecule has 2 saturated heterocycles. The zero-order valence-corrected chi connectivity index (χ0v) is 20.9. The minimum Gasteiger partial charge on any atom is -0.454 e. The maximum atomic E-state index is 12.9. The number of carbonyl (C=O) groups is 1. The molecule has 0 saturated carbocycles. The van der Waals surface area contributed by atoms with Gasteiger partial charge in [-0.1, -0.05) is 54.6 Å². The number of ether oxygens (including phenoxy) is 4. The number of aromatic nitrogens is 2. The quantitative estimate of drug-likeness (QED) is 0.393. The fourth-order valence-electron chi connectivity index (χ4n) is 5.26. The van der Waals surface area contributed by atoms with Crippen LogP contribution in [0.15, 0.2) is 85.1 Å². The molecular formula is C30H26N4O5. The van der Waals surface area contributed by atoms with E-state index in [9.17, 15) is 4.79 Å². The second-order valence-corrected chi connectivity index (χ2v) is 9.70. The average molecular weight is 523 g/mol. The van der Waals surface area contributed by atoms with Gasteiger partial charge in [-0.05, 0) is 35.4 Å². The van der Waals surface area contributed by atoms with Crippen LogP contribution in [0.5, 0.6) is 11.5 Å². The van der Waals surface area contributed by atoms with Crippen molar-refractivity contribution in [1.82, 2.24) is 15.3 Å². The molecule has 0 spiro atoms. The van der Waals surface area contributed by atoms with E-state index in [4.69, 9.17) is 23.9 Å². The van der Waals surface area contributed by atoms with Crippen molar-refractivity contribution in [2.75, 3.05) is 25.3 Å². The van der Waals surface area contributed by atoms with Crippen LogP contribution in [0.3, 0.4) is 0 Å². The van der Waals surface area contributed by atoms with E-state index >= 15 is 0 Å². The van der Waals surface area contributed by atoms with Gasteiger partial charge in [-0.2, -0.15) is 0 Å². The highest BCUT2D eigenvalue weighted by Crippen LogP contribution is 2.33. The topological polar surface area (TPSA) is 104 Å². The molecule has 2 fully saturated rings. The van der Waals surface area contributed by atoms with Crippen LogP contribution in [0.1, 0.15) is 10.4 Å². The van der Waals surface area contributed by atoms with E-state index in [0.717, 1.165) is 16.8 Å². The number of rotatable bonds is 6. The van der Waals surface area contributed by atoms with Crippen LogP contribution in [-0.2, 0) is 9.47 Å². The van der Waals surface area contributed by atoms with E-state index in [1.165, 1.54) is 5.56 Å². The van der Waals surface area contributed by atoms with Crippen molar-refractivity contribution >= 4 is 11.9 Å². The molecule has 0 radical (unpaired) electrons. The first-order valence-electron chi connectivity index (χ1n) is 12.9. The Morgan fingerprint density at radius 2 is 1.49 bits per heavy atom. The van der Waals surface area contributed by atoms with Gasteiger partial charge in [0.15, 0.2) is 11.5 Å². The summed E-state index contributed by atoms with van der Waals surface area (Å²) >= 11 is 0. The largest absolute Gasteiger partial charge is 0.454 e. The van der Waals surface area contributed by atoms with E-state index in [0.29, 0.717) is 36.2 Å². The van der Waals surface area contributed by atoms with Gasteiger partial charge in [-0.3, -0.25) is 4.79 Å². The number of nitrogens with zero attached hydrogens (tertiary/aromatic N) is 2. The lowest BCUT2D eigenvalue weighted by Crippen LogP contribution is -2.44. The molecule has 196 valence electrons. The van der Waals surface area contributed by atoms with E-state index in [1.54, 1.807) is 24.4 Å². The van der Waals surface area contributed by atoms with Gasteiger partial charge >= 0.3 is 0 Å². The number of nitrogens with one attached hydrogen (secondary N) is 2. The van der Waals surface area contributed by atoms with Crippen molar-refractivity contribution in [3.63, 3.8) is 0 Å². The Kier molecular flexibility index (Phi) is 6.07. The molecule has 1 amide bonds. The number of amides is 1. The van der Waals surface area contributed by atoms with Gasteiger partial charge in [0, 0.05) is 17.3 Å². The molecule has 0 bridgehead atoms. The second-order valence-electron chi connectivity index (χ2n) is 9.70. The van der Waals surface area contributed by atoms with Gasteiger partial charge in [-0.15, -0.1) is 0 Å². The summed E-state index contributed by atoms with van der Waals surface area (Å²) in [5, 5.41) is 6.42. The molecule has 9 nitrogen and oxygen atoms in total. The fraction of sp³-hybridized carbons (Fsp3) is 0.233. The summed E-state index contributed by atoms with van der Waals surface area (Å²) in [4.78, 5) is 22.0. The molecule has 39 heavy (non-hydrogen) atoms. The molecule has 9 heteroatoms. The van der Waals surface area contributed by atoms with Crippen LogP contribution in [0.2, 0.25) is 0 Å². The lowest BCUT2D eigenvalue weighted by molar-refractivity contribution is 0.0652. The van der Waals surface area contributed by atoms with Crippen LogP contribution >= 0.6 is 0 Å². The Labute approximate surface area is 225 Å². The molecule has 3 aliphatic rings. The normalized spacial score (nSPS) is 22.9. The highest BCUT2D eigenvalue weighted by molar-refractivity contribution is 5.95. The number of hydrogen-bond donors (Lipinski definition) is 2. The van der Waals surface area contributed by atoms with Crippen LogP contribution < -0.4 is 20.1 Å². The molecular weight excluding hydrogens is 496 g/mol. The van der Waals surface area contributed by atoms with E-state index in [1.807, 2.05) is 24.3 Å². The molecule has 1 aromatic heterocycles. The summed E-state index contributed by atoms with van der Waals surface area (Å²) in [5.41, 5.74) is 4.65. The standard InChI is InChI=1S/C30H26N4O5/c35-29(21-10-11-25-26(14-21)39-17-38-25)32-23-15-36-28-24(16-37-27(23)28)34-30-31-13-12-22(33-30)20-8-6-19(7-9-20)18-4-2-1-3-5-18/h1-14,23-24,27-28H,15-17H2,(H,32,35)(H,31,33,34). The Hall–Kier alpha value is -4.47. The minimum atomic E-state index is -0.269. The van der Waals surface area contributed by atoms with Crippen molar-refractivity contribution in [2.45, 2.75) is 24.3 Å². The molecule has 4 atom stereocenters. The molecule has 4 unspecified atom stereocenters. The maximum absolute atomic E-state index is 12.9. The average Bonchev–Trinajstić information content (AvgIpc) is 3.72. The molecule has 0 aliphatic carbocycles. The first kappa shape index (κ1) is 23.6. The third kappa shape index (κ3) is 4.67. The summed E-state index contributed by atoms with van der Waals surface area (Å²) in [6, 6.07) is 25.2. The van der Waals surface area contributed by atoms with Crippen molar-refractivity contribution in [3.05, 3.63) is 90.6 Å². The second kappa shape index (κ2) is 10.0. The molecule has 4 aromatic rings. The number of hydrogen-bond acceptors (Lipinski definition) is 8. The zero-order valence-electron chi connectivity index (χ0n) is 20.9. The van der Waals surface area contributed by atoms with Crippen LogP contribution in [-0.4, -0.2) is 60.2 Å². The predicted octanol–water partition coefficient (Wildman–Crippen LogP) is 3.92. The highest BCUT2D eigenvalue weighted by Gasteiger charge is 2.48. The minimum absolute atomic E-state index is 0.141. The van der Waals surface area contributed by atoms with Crippen molar-refractivity contribution in [3.8, 4) is 33.9 Å². The summed E-state index contributed by atoms with van der Waals surface area (Å²) in [7, 11) is 0. The van der Waals surface area contributed by atoms with Crippen molar-refractivity contribution in [1.29, 1.82) is 0 Å². The molecule has 4 heterocycles. The summed E-state index contributed by atoms with van der Waals surface area (Å²) in [6.45, 7) is 0.944. The van der Waals surface area contributed by atoms with Gasteiger partial charge < -0.3 is 29.6 Å². The van der Waals surface area contributed by atoms with Gasteiger partial charge in [0.2, 0.25) is 12.7 Å². The summed E-state index contributed by atoms with van der Waals surface area (Å²) in [5.74, 6) is 1.50. The van der Waals surface area contributed by atoms with Gasteiger partial charge in [0.1, 0.15) is 12.2 Å². The Bertz CT molecular complexity index is 1500. The van der Waals surface area contributed by atoms with E-state index < -0.39 is 0 Å². The lowest BCUT2D eigenvalue weighted by atomic mass is 10.0. The van der Waals surface area contributed by atoms with E-state index in [2.05, 4.69) is 52.0 Å². The molecule has 7 rings (SSSR count). The van der Waals surface area contributed by atoms with Crippen LogP contribution in [0.25, 0.3) is 22.4 Å². The number of anilines is 1. The maximum Gasteiger partial charge on any atom is 0.251 e. The SMILES string of the molecule is O=C(NC1COC2C(Nc3nccc(-c4ccc(-c5ccccc5)cc4)n3)COC12)c1ccc2c(c1)OCO2. The Morgan fingerprint density at radius 1 is 0.769 bits per heavy atom. The third-order valence-electron chi connectivity index (χ3n) is 7.26. The van der Waals surface area contributed by atoms with Crippen LogP contribution in [0, 0.1) is 0 Å². The first-order valence-corrected chi connectivity index (χ1v) is 12.9. The Morgan fingerprint density at radius 3 is 2.33 bits per heavy atom. The number of fused-ring (bicyclic) bond motifs is 2. The van der Waals surface area contributed by atoms with Gasteiger partial charge in [0.25, 0.3) is 5.91 Å². The van der Waals surface area contributed by atoms with E-state index in [-0.39, 0.29) is 37.0 Å². The predicted molar refractivity (Wildman–Crippen MR) is 144 cm³/mol. The fourth-order valence-corrected chi connectivity index (χ4v) is 5.26. The lowest BCUT2D eigenvalue weighted by Gasteiger charge is -2.18.